The second-order valence-electron chi connectivity index (χ2n) is 12.7. The van der Waals surface area contributed by atoms with Gasteiger partial charge in [0.1, 0.15) is 46.1 Å². The van der Waals surface area contributed by atoms with E-state index >= 15 is 8.78 Å². The van der Waals surface area contributed by atoms with Gasteiger partial charge in [0, 0.05) is 54.1 Å². The molecule has 1 fully saturated rings. The molecule has 0 spiro atoms. The number of ether oxygens (including phenoxy) is 2. The molecule has 11 nitrogen and oxygen atoms in total. The van der Waals surface area contributed by atoms with Crippen LogP contribution in [0.4, 0.5) is 25.2 Å². The van der Waals surface area contributed by atoms with E-state index in [0.717, 1.165) is 10.9 Å². The molecule has 0 unspecified atom stereocenters. The molecule has 0 atom stereocenters. The van der Waals surface area contributed by atoms with E-state index < -0.39 is 17.2 Å². The number of anilines is 2. The number of hydrogen-bond acceptors (Lipinski definition) is 9. The number of para-hydroxylation sites is 1. The van der Waals surface area contributed by atoms with Crippen LogP contribution in [-0.4, -0.2) is 66.0 Å². The first-order valence-electron chi connectivity index (χ1n) is 16.0. The Morgan fingerprint density at radius 1 is 1.04 bits per heavy atom. The number of fused-ring (bicyclic) bond motifs is 1. The Hall–Kier alpha value is -5.20. The monoisotopic (exact) mass is 656 g/mol. The maximum Gasteiger partial charge on any atom is 0.410 e. The van der Waals surface area contributed by atoms with Gasteiger partial charge < -0.3 is 19.7 Å². The first-order valence-corrected chi connectivity index (χ1v) is 16.0. The molecule has 1 aliphatic rings. The Balaban J connectivity index is 1.35. The molecule has 0 radical (unpaired) electrons. The Morgan fingerprint density at radius 3 is 2.46 bits per heavy atom. The van der Waals surface area contributed by atoms with Crippen molar-refractivity contribution < 1.29 is 23.0 Å². The Labute approximate surface area is 277 Å². The number of hydrogen-bond donors (Lipinski definition) is 1. The van der Waals surface area contributed by atoms with Crippen LogP contribution in [0.3, 0.4) is 0 Å². The minimum absolute atomic E-state index is 0.0584. The Morgan fingerprint density at radius 2 is 1.77 bits per heavy atom. The van der Waals surface area contributed by atoms with Gasteiger partial charge in [0.2, 0.25) is 0 Å². The molecule has 0 bridgehead atoms. The van der Waals surface area contributed by atoms with E-state index in [1.807, 2.05) is 45.0 Å². The normalized spacial score (nSPS) is 13.9. The van der Waals surface area contributed by atoms with Gasteiger partial charge >= 0.3 is 6.09 Å². The minimum atomic E-state index is -0.718. The largest absolute Gasteiger partial charge is 0.494 e. The fourth-order valence-electron chi connectivity index (χ4n) is 5.79. The zero-order chi connectivity index (χ0) is 34.0. The number of carbonyl (C=O) groups is 1. The molecule has 1 amide bonds. The summed E-state index contributed by atoms with van der Waals surface area (Å²) < 4.78 is 42.6. The van der Waals surface area contributed by atoms with Crippen molar-refractivity contribution in [2.24, 2.45) is 0 Å². The predicted molar refractivity (Wildman–Crippen MR) is 177 cm³/mol. The number of carbonyl (C=O) groups excluding carboxylic acids is 1. The number of rotatable bonds is 8. The number of halogens is 2. The first kappa shape index (κ1) is 32.7. The molecule has 250 valence electrons. The van der Waals surface area contributed by atoms with Crippen molar-refractivity contribution in [2.75, 3.05) is 25.0 Å². The van der Waals surface area contributed by atoms with Crippen molar-refractivity contribution >= 4 is 28.6 Å². The fraction of sp³-hybridized carbons (Fsp3) is 0.371. The maximum atomic E-state index is 15.1. The van der Waals surface area contributed by atoms with Gasteiger partial charge in [0.05, 0.1) is 18.7 Å². The standard InChI is InChI=1S/C35H38F2N8O3/c1-6-47-23-17-27(36)26(28(37)18-23)20-45-29-10-8-7-9-24(29)31(43-45)33-39-19-25(32(42-33)41-30-11-14-38-21(2)40-30)22-12-15-44(16-13-22)34(46)48-35(3,4)5/h7-11,14,17-19,22H,6,12-13,15-16,20H2,1-5H3,(H,38,39,40,41,42). The zero-order valence-corrected chi connectivity index (χ0v) is 27.6. The van der Waals surface area contributed by atoms with Gasteiger partial charge in [-0.2, -0.15) is 5.10 Å². The van der Waals surface area contributed by atoms with Gasteiger partial charge in [-0.3, -0.25) is 4.68 Å². The number of amides is 1. The lowest BCUT2D eigenvalue weighted by Gasteiger charge is -2.34. The van der Waals surface area contributed by atoms with Crippen molar-refractivity contribution in [3.63, 3.8) is 0 Å². The maximum absolute atomic E-state index is 15.1. The third-order valence-corrected chi connectivity index (χ3v) is 8.03. The molecule has 6 rings (SSSR count). The molecule has 1 saturated heterocycles. The number of aromatic nitrogens is 6. The molecule has 48 heavy (non-hydrogen) atoms. The molecule has 0 aliphatic carbocycles. The zero-order valence-electron chi connectivity index (χ0n) is 27.6. The Kier molecular flexibility index (Phi) is 9.20. The van der Waals surface area contributed by atoms with E-state index in [9.17, 15) is 4.79 Å². The molecule has 13 heteroatoms. The Bertz CT molecular complexity index is 1930. The SMILES string of the molecule is CCOc1cc(F)c(Cn2nc(-c3ncc(C4CCN(C(=O)OC(C)(C)C)CC4)c(Nc4ccnc(C)n4)n3)c3ccccc32)c(F)c1. The van der Waals surface area contributed by atoms with Gasteiger partial charge in [-0.1, -0.05) is 18.2 Å². The van der Waals surface area contributed by atoms with E-state index in [-0.39, 0.29) is 29.9 Å². The van der Waals surface area contributed by atoms with Gasteiger partial charge in [-0.05, 0) is 65.5 Å². The van der Waals surface area contributed by atoms with E-state index in [0.29, 0.717) is 67.0 Å². The molecular formula is C35H38F2N8O3. The van der Waals surface area contributed by atoms with Crippen molar-refractivity contribution in [3.8, 4) is 17.3 Å². The molecular weight excluding hydrogens is 618 g/mol. The topological polar surface area (TPSA) is 120 Å². The minimum Gasteiger partial charge on any atom is -0.494 e. The summed E-state index contributed by atoms with van der Waals surface area (Å²) >= 11 is 0. The summed E-state index contributed by atoms with van der Waals surface area (Å²) in [4.78, 5) is 32.8. The van der Waals surface area contributed by atoms with Gasteiger partial charge in [0.25, 0.3) is 0 Å². The molecule has 2 aromatic carbocycles. The number of benzene rings is 2. The fourth-order valence-corrected chi connectivity index (χ4v) is 5.79. The first-order chi connectivity index (χ1) is 23.0. The van der Waals surface area contributed by atoms with Gasteiger partial charge in [-0.25, -0.2) is 33.5 Å². The van der Waals surface area contributed by atoms with Crippen LogP contribution in [0.15, 0.2) is 54.9 Å². The van der Waals surface area contributed by atoms with Gasteiger partial charge in [-0.15, -0.1) is 0 Å². The van der Waals surface area contributed by atoms with Crippen molar-refractivity contribution in [1.82, 2.24) is 34.6 Å². The quantitative estimate of drug-likeness (QED) is 0.185. The number of aryl methyl sites for hydroxylation is 1. The van der Waals surface area contributed by atoms with E-state index in [1.165, 1.54) is 12.1 Å². The lowest BCUT2D eigenvalue weighted by atomic mass is 9.90. The van der Waals surface area contributed by atoms with Crippen LogP contribution in [0.5, 0.6) is 5.75 Å². The van der Waals surface area contributed by atoms with Crippen molar-refractivity contribution in [1.29, 1.82) is 0 Å². The lowest BCUT2D eigenvalue weighted by molar-refractivity contribution is 0.0205. The van der Waals surface area contributed by atoms with E-state index in [2.05, 4.69) is 15.3 Å². The number of nitrogens with one attached hydrogen (secondary N) is 1. The smallest absolute Gasteiger partial charge is 0.410 e. The number of piperidine rings is 1. The van der Waals surface area contributed by atoms with E-state index in [1.54, 1.807) is 41.9 Å². The van der Waals surface area contributed by atoms with Crippen LogP contribution in [0.1, 0.15) is 63.4 Å². The summed E-state index contributed by atoms with van der Waals surface area (Å²) in [5.74, 6) is 0.801. The predicted octanol–water partition coefficient (Wildman–Crippen LogP) is 7.18. The van der Waals surface area contributed by atoms with Crippen molar-refractivity contribution in [3.05, 3.63) is 83.4 Å². The highest BCUT2D eigenvalue weighted by molar-refractivity contribution is 5.92. The second kappa shape index (κ2) is 13.5. The van der Waals surface area contributed by atoms with Crippen molar-refractivity contribution in [2.45, 2.75) is 65.5 Å². The summed E-state index contributed by atoms with van der Waals surface area (Å²) in [5, 5.41) is 8.86. The third-order valence-electron chi connectivity index (χ3n) is 8.03. The summed E-state index contributed by atoms with van der Waals surface area (Å²) in [6.45, 7) is 10.3. The highest BCUT2D eigenvalue weighted by Crippen LogP contribution is 2.36. The average molecular weight is 657 g/mol. The summed E-state index contributed by atoms with van der Waals surface area (Å²) in [6.07, 6.45) is 4.51. The third kappa shape index (κ3) is 7.19. The van der Waals surface area contributed by atoms with Crippen LogP contribution < -0.4 is 10.1 Å². The van der Waals surface area contributed by atoms with Crippen LogP contribution in [-0.2, 0) is 11.3 Å². The van der Waals surface area contributed by atoms with Gasteiger partial charge in [0.15, 0.2) is 5.82 Å². The molecule has 4 heterocycles. The second-order valence-corrected chi connectivity index (χ2v) is 12.7. The number of likely N-dealkylation sites (tertiary alicyclic amines) is 1. The summed E-state index contributed by atoms with van der Waals surface area (Å²) in [7, 11) is 0. The van der Waals surface area contributed by atoms with Crippen LogP contribution in [0.25, 0.3) is 22.4 Å². The molecule has 1 aliphatic heterocycles. The highest BCUT2D eigenvalue weighted by atomic mass is 19.1. The van der Waals surface area contributed by atoms with Crippen LogP contribution in [0, 0.1) is 18.6 Å². The molecule has 5 aromatic rings. The van der Waals surface area contributed by atoms with Crippen LogP contribution in [0.2, 0.25) is 0 Å². The number of nitrogens with zero attached hydrogens (tertiary/aromatic N) is 7. The summed E-state index contributed by atoms with van der Waals surface area (Å²) in [5.41, 5.74) is 1.31. The van der Waals surface area contributed by atoms with E-state index in [4.69, 9.17) is 24.5 Å². The van der Waals surface area contributed by atoms with Crippen LogP contribution >= 0.6 is 0 Å². The molecule has 1 N–H and O–H groups in total. The molecule has 0 saturated carbocycles. The molecule has 3 aromatic heterocycles. The average Bonchev–Trinajstić information content (AvgIpc) is 3.41. The summed E-state index contributed by atoms with van der Waals surface area (Å²) in [6, 6.07) is 11.5. The highest BCUT2D eigenvalue weighted by Gasteiger charge is 2.30. The lowest BCUT2D eigenvalue weighted by Crippen LogP contribution is -2.41.